The summed E-state index contributed by atoms with van der Waals surface area (Å²) in [6.07, 6.45) is 2.74. The van der Waals surface area contributed by atoms with Crippen LogP contribution < -0.4 is 4.74 Å². The second-order valence-electron chi connectivity index (χ2n) is 3.50. The second-order valence-corrected chi connectivity index (χ2v) is 3.50. The lowest BCUT2D eigenvalue weighted by Gasteiger charge is -2.07. The first-order chi connectivity index (χ1) is 8.56. The van der Waals surface area contributed by atoms with Gasteiger partial charge in [-0.15, -0.1) is 0 Å². The van der Waals surface area contributed by atoms with Crippen LogP contribution in [0, 0.1) is 0 Å². The van der Waals surface area contributed by atoms with Crippen molar-refractivity contribution in [1.29, 1.82) is 0 Å². The Balaban J connectivity index is 2.94. The largest absolute Gasteiger partial charge is 0.496 e. The molecule has 0 spiro atoms. The summed E-state index contributed by atoms with van der Waals surface area (Å²) in [6, 6.07) is 5.03. The third kappa shape index (κ3) is 3.93. The lowest BCUT2D eigenvalue weighted by atomic mass is 10.1. The zero-order valence-electron chi connectivity index (χ0n) is 10.2. The van der Waals surface area contributed by atoms with Crippen LogP contribution in [0.4, 0.5) is 0 Å². The normalized spacial score (nSPS) is 10.3. The Morgan fingerprint density at radius 2 is 2.06 bits per heavy atom. The molecular formula is C13H14O5. The molecule has 0 aromatic heterocycles. The van der Waals surface area contributed by atoms with Gasteiger partial charge in [0.25, 0.3) is 0 Å². The number of carboxylic acids is 1. The Morgan fingerprint density at radius 1 is 1.33 bits per heavy atom. The minimum absolute atomic E-state index is 0.107. The molecule has 0 aliphatic heterocycles. The van der Waals surface area contributed by atoms with E-state index >= 15 is 0 Å². The Kier molecular flexibility index (Phi) is 4.92. The second kappa shape index (κ2) is 6.44. The molecule has 1 rings (SSSR count). The summed E-state index contributed by atoms with van der Waals surface area (Å²) < 4.78 is 9.58. The standard InChI is InChI=1S/C13H14O5/c1-17-11-7-9(4-6-13(16)18-2)3-5-10(11)8-12(14)15/h3-7H,8H2,1-2H3,(H,14,15). The van der Waals surface area contributed by atoms with Gasteiger partial charge in [-0.25, -0.2) is 4.79 Å². The van der Waals surface area contributed by atoms with Gasteiger partial charge in [0.1, 0.15) is 5.75 Å². The van der Waals surface area contributed by atoms with E-state index in [0.29, 0.717) is 11.3 Å². The highest BCUT2D eigenvalue weighted by Crippen LogP contribution is 2.21. The minimum Gasteiger partial charge on any atom is -0.496 e. The SMILES string of the molecule is COC(=O)C=Cc1ccc(CC(=O)O)c(OC)c1. The molecule has 1 N–H and O–H groups in total. The number of esters is 1. The zero-order chi connectivity index (χ0) is 13.5. The number of carbonyl (C=O) groups excluding carboxylic acids is 1. The van der Waals surface area contributed by atoms with E-state index < -0.39 is 11.9 Å². The number of benzene rings is 1. The molecule has 5 nitrogen and oxygen atoms in total. The minimum atomic E-state index is -0.925. The molecule has 1 aromatic carbocycles. The van der Waals surface area contributed by atoms with Crippen LogP contribution in [0.15, 0.2) is 24.3 Å². The molecule has 0 radical (unpaired) electrons. The lowest BCUT2D eigenvalue weighted by molar-refractivity contribution is -0.136. The molecule has 1 aromatic rings. The van der Waals surface area contributed by atoms with Crippen molar-refractivity contribution >= 4 is 18.0 Å². The van der Waals surface area contributed by atoms with Crippen molar-refractivity contribution in [2.75, 3.05) is 14.2 Å². The molecule has 0 bridgehead atoms. The smallest absolute Gasteiger partial charge is 0.330 e. The summed E-state index contributed by atoms with van der Waals surface area (Å²) in [5.74, 6) is -0.904. The van der Waals surface area contributed by atoms with Gasteiger partial charge in [0.15, 0.2) is 0 Å². The summed E-state index contributed by atoms with van der Waals surface area (Å²) in [6.45, 7) is 0. The molecule has 0 saturated heterocycles. The van der Waals surface area contributed by atoms with E-state index in [2.05, 4.69) is 4.74 Å². The zero-order valence-corrected chi connectivity index (χ0v) is 10.2. The molecule has 96 valence electrons. The Bertz CT molecular complexity index is 476. The molecule has 0 unspecified atom stereocenters. The monoisotopic (exact) mass is 250 g/mol. The molecule has 0 aliphatic rings. The number of carbonyl (C=O) groups is 2. The van der Waals surface area contributed by atoms with Gasteiger partial charge >= 0.3 is 11.9 Å². The molecule has 0 amide bonds. The first-order valence-electron chi connectivity index (χ1n) is 5.21. The van der Waals surface area contributed by atoms with Gasteiger partial charge in [-0.05, 0) is 17.7 Å². The van der Waals surface area contributed by atoms with E-state index in [0.717, 1.165) is 5.56 Å². The van der Waals surface area contributed by atoms with Gasteiger partial charge in [-0.3, -0.25) is 4.79 Å². The maximum atomic E-state index is 10.9. The predicted octanol–water partition coefficient (Wildman–Crippen LogP) is 1.51. The molecule has 0 fully saturated rings. The van der Waals surface area contributed by atoms with Crippen molar-refractivity contribution in [2.24, 2.45) is 0 Å². The van der Waals surface area contributed by atoms with Crippen molar-refractivity contribution in [3.63, 3.8) is 0 Å². The van der Waals surface area contributed by atoms with Crippen LogP contribution >= 0.6 is 0 Å². The topological polar surface area (TPSA) is 72.8 Å². The molecule has 0 heterocycles. The fourth-order valence-corrected chi connectivity index (χ4v) is 1.41. The number of rotatable bonds is 5. The Morgan fingerprint density at radius 3 is 2.61 bits per heavy atom. The Hall–Kier alpha value is -2.30. The van der Waals surface area contributed by atoms with Gasteiger partial charge in [0.2, 0.25) is 0 Å². The van der Waals surface area contributed by atoms with Gasteiger partial charge in [0, 0.05) is 11.6 Å². The van der Waals surface area contributed by atoms with Crippen LogP contribution in [-0.4, -0.2) is 31.3 Å². The van der Waals surface area contributed by atoms with Crippen molar-refractivity contribution in [1.82, 2.24) is 0 Å². The van der Waals surface area contributed by atoms with Gasteiger partial charge in [-0.2, -0.15) is 0 Å². The fraction of sp³-hybridized carbons (Fsp3) is 0.231. The maximum absolute atomic E-state index is 10.9. The van der Waals surface area contributed by atoms with Crippen LogP contribution in [-0.2, 0) is 20.7 Å². The summed E-state index contributed by atoms with van der Waals surface area (Å²) in [7, 11) is 2.76. The highest BCUT2D eigenvalue weighted by atomic mass is 16.5. The van der Waals surface area contributed by atoms with Crippen LogP contribution in [0.2, 0.25) is 0 Å². The molecule has 0 saturated carbocycles. The number of carboxylic acid groups (broad SMARTS) is 1. The predicted molar refractivity (Wildman–Crippen MR) is 65.4 cm³/mol. The van der Waals surface area contributed by atoms with Crippen LogP contribution in [0.25, 0.3) is 6.08 Å². The first-order valence-corrected chi connectivity index (χ1v) is 5.21. The molecule has 0 atom stereocenters. The van der Waals surface area contributed by atoms with E-state index in [9.17, 15) is 9.59 Å². The highest BCUT2D eigenvalue weighted by molar-refractivity contribution is 5.87. The molecular weight excluding hydrogens is 236 g/mol. The van der Waals surface area contributed by atoms with Crippen LogP contribution in [0.1, 0.15) is 11.1 Å². The Labute approximate surface area is 105 Å². The maximum Gasteiger partial charge on any atom is 0.330 e. The summed E-state index contributed by atoms with van der Waals surface area (Å²) >= 11 is 0. The van der Waals surface area contributed by atoms with E-state index in [1.807, 2.05) is 0 Å². The van der Waals surface area contributed by atoms with Crippen LogP contribution in [0.3, 0.4) is 0 Å². The average molecular weight is 250 g/mol. The fourth-order valence-electron chi connectivity index (χ4n) is 1.41. The number of aliphatic carboxylic acids is 1. The average Bonchev–Trinajstić information content (AvgIpc) is 2.36. The first kappa shape index (κ1) is 13.8. The van der Waals surface area contributed by atoms with Gasteiger partial charge in [-0.1, -0.05) is 12.1 Å². The summed E-state index contributed by atoms with van der Waals surface area (Å²) in [4.78, 5) is 21.6. The van der Waals surface area contributed by atoms with Gasteiger partial charge < -0.3 is 14.6 Å². The van der Waals surface area contributed by atoms with Crippen molar-refractivity contribution in [3.05, 3.63) is 35.4 Å². The lowest BCUT2D eigenvalue weighted by Crippen LogP contribution is -2.02. The van der Waals surface area contributed by atoms with E-state index in [-0.39, 0.29) is 6.42 Å². The van der Waals surface area contributed by atoms with Crippen molar-refractivity contribution in [3.8, 4) is 5.75 Å². The molecule has 18 heavy (non-hydrogen) atoms. The highest BCUT2D eigenvalue weighted by Gasteiger charge is 2.07. The van der Waals surface area contributed by atoms with Crippen molar-refractivity contribution < 1.29 is 24.2 Å². The number of hydrogen-bond donors (Lipinski definition) is 1. The van der Waals surface area contributed by atoms with E-state index in [4.69, 9.17) is 9.84 Å². The van der Waals surface area contributed by atoms with E-state index in [1.165, 1.54) is 20.3 Å². The van der Waals surface area contributed by atoms with Crippen molar-refractivity contribution in [2.45, 2.75) is 6.42 Å². The third-order valence-electron chi connectivity index (χ3n) is 2.27. The molecule has 0 aliphatic carbocycles. The quantitative estimate of drug-likeness (QED) is 0.633. The van der Waals surface area contributed by atoms with E-state index in [1.54, 1.807) is 24.3 Å². The third-order valence-corrected chi connectivity index (χ3v) is 2.27. The number of methoxy groups -OCH3 is 2. The molecule has 5 heteroatoms. The van der Waals surface area contributed by atoms with Gasteiger partial charge in [0.05, 0.1) is 20.6 Å². The number of ether oxygens (including phenoxy) is 2. The summed E-state index contributed by atoms with van der Waals surface area (Å²) in [5.41, 5.74) is 1.31. The number of hydrogen-bond acceptors (Lipinski definition) is 4. The summed E-state index contributed by atoms with van der Waals surface area (Å²) in [5, 5.41) is 8.73. The van der Waals surface area contributed by atoms with Crippen LogP contribution in [0.5, 0.6) is 5.75 Å².